The number of carbonyl (C=O) groups excluding carboxylic acids is 2. The third kappa shape index (κ3) is 2.73. The first-order chi connectivity index (χ1) is 13.4. The molecule has 2 bridgehead atoms. The van der Waals surface area contributed by atoms with E-state index in [1.807, 2.05) is 12.2 Å². The molecule has 0 radical (unpaired) electrons. The van der Waals surface area contributed by atoms with E-state index >= 15 is 0 Å². The van der Waals surface area contributed by atoms with E-state index < -0.39 is 17.2 Å². The molecule has 1 aromatic rings. The first kappa shape index (κ1) is 18.1. The molecule has 3 aliphatic rings. The number of amides is 2. The molecule has 1 aromatic carbocycles. The second-order valence-electron chi connectivity index (χ2n) is 6.79. The molecule has 2 aliphatic carbocycles. The van der Waals surface area contributed by atoms with Crippen molar-refractivity contribution in [2.45, 2.75) is 6.42 Å². The summed E-state index contributed by atoms with van der Waals surface area (Å²) < 4.78 is 5.02. The molecule has 10 heteroatoms. The van der Waals surface area contributed by atoms with E-state index in [1.54, 1.807) is 6.07 Å². The number of imide groups is 1. The Morgan fingerprint density at radius 1 is 1.32 bits per heavy atom. The minimum Gasteiger partial charge on any atom is -0.470 e. The van der Waals surface area contributed by atoms with Gasteiger partial charge in [0, 0.05) is 11.6 Å². The highest BCUT2D eigenvalue weighted by atomic mass is 35.5. The molecule has 1 aliphatic heterocycles. The lowest BCUT2D eigenvalue weighted by Crippen LogP contribution is -2.28. The highest BCUT2D eigenvalue weighted by Gasteiger charge is 2.59. The number of nitro groups is 1. The van der Waals surface area contributed by atoms with E-state index in [4.69, 9.17) is 21.6 Å². The SMILES string of the molecule is N#CCOc1c(Cl)cc(C=NN2C(=O)C3C4C=CC(C4)C3C2=O)cc1[N+](=O)[O-]. The topological polar surface area (TPSA) is 126 Å². The maximum Gasteiger partial charge on any atom is 0.313 e. The van der Waals surface area contributed by atoms with Crippen molar-refractivity contribution in [1.29, 1.82) is 5.26 Å². The van der Waals surface area contributed by atoms with Crippen molar-refractivity contribution in [3.8, 4) is 11.8 Å². The van der Waals surface area contributed by atoms with Crippen LogP contribution in [0.15, 0.2) is 29.4 Å². The van der Waals surface area contributed by atoms with Gasteiger partial charge in [-0.15, -0.1) is 0 Å². The van der Waals surface area contributed by atoms with Crippen LogP contribution >= 0.6 is 11.6 Å². The number of hydrazone groups is 1. The average Bonchev–Trinajstić information content (AvgIpc) is 3.33. The molecule has 2 fully saturated rings. The Bertz CT molecular complexity index is 968. The normalized spacial score (nSPS) is 27.5. The first-order valence-corrected chi connectivity index (χ1v) is 8.88. The molecular weight excluding hydrogens is 388 g/mol. The zero-order valence-electron chi connectivity index (χ0n) is 14.3. The lowest BCUT2D eigenvalue weighted by atomic mass is 9.85. The monoisotopic (exact) mass is 400 g/mol. The molecule has 1 saturated carbocycles. The molecule has 28 heavy (non-hydrogen) atoms. The number of nitro benzene ring substituents is 1. The van der Waals surface area contributed by atoms with Gasteiger partial charge in [-0.25, -0.2) is 0 Å². The van der Waals surface area contributed by atoms with Gasteiger partial charge >= 0.3 is 5.69 Å². The lowest BCUT2D eigenvalue weighted by molar-refractivity contribution is -0.385. The molecule has 4 rings (SSSR count). The number of nitrogens with zero attached hydrogens (tertiary/aromatic N) is 4. The quantitative estimate of drug-likeness (QED) is 0.245. The number of ether oxygens (including phenoxy) is 1. The van der Waals surface area contributed by atoms with Gasteiger partial charge in [0.1, 0.15) is 6.07 Å². The summed E-state index contributed by atoms with van der Waals surface area (Å²) >= 11 is 6.04. The summed E-state index contributed by atoms with van der Waals surface area (Å²) in [5.41, 5.74) is -0.220. The fourth-order valence-corrected chi connectivity index (χ4v) is 4.46. The Labute approximate surface area is 164 Å². The van der Waals surface area contributed by atoms with Crippen LogP contribution in [0.25, 0.3) is 0 Å². The Morgan fingerprint density at radius 2 is 1.96 bits per heavy atom. The molecule has 1 heterocycles. The number of hydrogen-bond donors (Lipinski definition) is 0. The van der Waals surface area contributed by atoms with Crippen LogP contribution in [0.3, 0.4) is 0 Å². The van der Waals surface area contributed by atoms with Crippen LogP contribution in [-0.2, 0) is 9.59 Å². The number of halogens is 1. The third-order valence-electron chi connectivity index (χ3n) is 5.29. The molecule has 1 saturated heterocycles. The Balaban J connectivity index is 1.60. The predicted molar refractivity (Wildman–Crippen MR) is 96.4 cm³/mol. The molecule has 142 valence electrons. The fourth-order valence-electron chi connectivity index (χ4n) is 4.18. The number of benzene rings is 1. The number of allylic oxidation sites excluding steroid dienone is 2. The van der Waals surface area contributed by atoms with Crippen molar-refractivity contribution < 1.29 is 19.2 Å². The molecule has 0 spiro atoms. The van der Waals surface area contributed by atoms with E-state index in [2.05, 4.69) is 5.10 Å². The maximum atomic E-state index is 12.6. The predicted octanol–water partition coefficient (Wildman–Crippen LogP) is 2.29. The van der Waals surface area contributed by atoms with Gasteiger partial charge < -0.3 is 4.74 Å². The smallest absolute Gasteiger partial charge is 0.313 e. The zero-order valence-corrected chi connectivity index (χ0v) is 15.1. The molecule has 4 atom stereocenters. The van der Waals surface area contributed by atoms with Gasteiger partial charge in [0.15, 0.2) is 6.61 Å². The fraction of sp³-hybridized carbons (Fsp3) is 0.333. The summed E-state index contributed by atoms with van der Waals surface area (Å²) in [4.78, 5) is 35.8. The minimum absolute atomic E-state index is 0.0683. The molecule has 4 unspecified atom stereocenters. The van der Waals surface area contributed by atoms with Gasteiger partial charge in [0.2, 0.25) is 5.75 Å². The zero-order chi connectivity index (χ0) is 20.0. The number of carbonyl (C=O) groups is 2. The van der Waals surface area contributed by atoms with Crippen LogP contribution in [0.5, 0.6) is 5.75 Å². The molecule has 0 aromatic heterocycles. The van der Waals surface area contributed by atoms with Gasteiger partial charge in [-0.3, -0.25) is 19.7 Å². The Hall–Kier alpha value is -3.25. The summed E-state index contributed by atoms with van der Waals surface area (Å²) in [6.45, 7) is -0.399. The average molecular weight is 401 g/mol. The van der Waals surface area contributed by atoms with Gasteiger partial charge in [-0.05, 0) is 24.3 Å². The van der Waals surface area contributed by atoms with Crippen molar-refractivity contribution in [1.82, 2.24) is 5.01 Å². The summed E-state index contributed by atoms with van der Waals surface area (Å²) in [5, 5.41) is 24.6. The second-order valence-corrected chi connectivity index (χ2v) is 7.19. The van der Waals surface area contributed by atoms with Crippen molar-refractivity contribution >= 4 is 35.3 Å². The van der Waals surface area contributed by atoms with Crippen LogP contribution < -0.4 is 4.74 Å². The van der Waals surface area contributed by atoms with Crippen molar-refractivity contribution in [2.75, 3.05) is 6.61 Å². The van der Waals surface area contributed by atoms with E-state index in [9.17, 15) is 19.7 Å². The van der Waals surface area contributed by atoms with Crippen LogP contribution in [0.2, 0.25) is 5.02 Å². The summed E-state index contributed by atoms with van der Waals surface area (Å²) in [5.74, 6) is -1.54. The molecular formula is C18H13ClN4O5. The van der Waals surface area contributed by atoms with Gasteiger partial charge in [0.05, 0.1) is 28.0 Å². The van der Waals surface area contributed by atoms with Crippen molar-refractivity contribution in [3.05, 3.63) is 45.0 Å². The van der Waals surface area contributed by atoms with E-state index in [0.717, 1.165) is 17.5 Å². The molecule has 0 N–H and O–H groups in total. The molecule has 2 amide bonds. The van der Waals surface area contributed by atoms with Gasteiger partial charge in [0.25, 0.3) is 11.8 Å². The lowest BCUT2D eigenvalue weighted by Gasteiger charge is -2.13. The Kier molecular flexibility index (Phi) is 4.35. The third-order valence-corrected chi connectivity index (χ3v) is 5.57. The first-order valence-electron chi connectivity index (χ1n) is 8.50. The highest BCUT2D eigenvalue weighted by molar-refractivity contribution is 6.32. The van der Waals surface area contributed by atoms with E-state index in [-0.39, 0.29) is 51.8 Å². The van der Waals surface area contributed by atoms with Crippen LogP contribution in [0, 0.1) is 45.1 Å². The van der Waals surface area contributed by atoms with E-state index in [1.165, 1.54) is 12.3 Å². The summed E-state index contributed by atoms with van der Waals surface area (Å²) in [7, 11) is 0. The maximum absolute atomic E-state index is 12.6. The van der Waals surface area contributed by atoms with Crippen molar-refractivity contribution in [2.24, 2.45) is 28.8 Å². The van der Waals surface area contributed by atoms with Crippen LogP contribution in [0.4, 0.5) is 5.69 Å². The standard InChI is InChI=1S/C18H13ClN4O5/c19-12-5-9(6-13(23(26)27)16(12)28-4-3-20)8-21-22-17(24)14-10-1-2-11(7-10)15(14)18(22)25/h1-2,5-6,8,10-11,14-15H,4,7H2. The number of rotatable bonds is 5. The van der Waals surface area contributed by atoms with Crippen molar-refractivity contribution in [3.63, 3.8) is 0 Å². The number of fused-ring (bicyclic) bond motifs is 5. The molecule has 9 nitrogen and oxygen atoms in total. The summed E-state index contributed by atoms with van der Waals surface area (Å²) in [6, 6.07) is 4.21. The van der Waals surface area contributed by atoms with Gasteiger partial charge in [-0.2, -0.15) is 15.4 Å². The van der Waals surface area contributed by atoms with E-state index in [0.29, 0.717) is 0 Å². The second kappa shape index (κ2) is 6.73. The number of hydrogen-bond acceptors (Lipinski definition) is 7. The number of nitriles is 1. The minimum atomic E-state index is -0.699. The highest BCUT2D eigenvalue weighted by Crippen LogP contribution is 2.52. The summed E-state index contributed by atoms with van der Waals surface area (Å²) in [6.07, 6.45) is 5.95. The van der Waals surface area contributed by atoms with Gasteiger partial charge in [-0.1, -0.05) is 23.8 Å². The van der Waals surface area contributed by atoms with Crippen LogP contribution in [-0.4, -0.2) is 34.6 Å². The largest absolute Gasteiger partial charge is 0.470 e. The van der Waals surface area contributed by atoms with Crippen LogP contribution in [0.1, 0.15) is 12.0 Å². The Morgan fingerprint density at radius 3 is 2.54 bits per heavy atom.